The molecule has 0 aliphatic carbocycles. The third-order valence-electron chi connectivity index (χ3n) is 4.07. The second kappa shape index (κ2) is 6.84. The highest BCUT2D eigenvalue weighted by molar-refractivity contribution is 7.12. The summed E-state index contributed by atoms with van der Waals surface area (Å²) >= 11 is 1.93. The zero-order valence-corrected chi connectivity index (χ0v) is 13.5. The number of likely N-dealkylation sites (tertiary alicyclic amines) is 1. The number of piperidine rings is 1. The SMILES string of the molecule is CNCc1cc(CN(C)C2CCCN(C)C2)c(C)s1. The number of nitrogens with zero attached hydrogens (tertiary/aromatic N) is 2. The van der Waals surface area contributed by atoms with E-state index in [1.54, 1.807) is 0 Å². The van der Waals surface area contributed by atoms with Crippen LogP contribution >= 0.6 is 11.3 Å². The molecule has 4 heteroatoms. The highest BCUT2D eigenvalue weighted by Crippen LogP contribution is 2.24. The second-order valence-corrected chi connectivity index (χ2v) is 7.14. The molecule has 0 amide bonds. The molecule has 0 spiro atoms. The Balaban J connectivity index is 1.95. The Hall–Kier alpha value is -0.420. The summed E-state index contributed by atoms with van der Waals surface area (Å²) in [6.45, 7) is 6.79. The normalized spacial score (nSPS) is 21.2. The first kappa shape index (κ1) is 15.0. The van der Waals surface area contributed by atoms with Crippen LogP contribution in [0.25, 0.3) is 0 Å². The molecule has 2 heterocycles. The fourth-order valence-electron chi connectivity index (χ4n) is 2.90. The third-order valence-corrected chi connectivity index (χ3v) is 5.16. The number of thiophene rings is 1. The molecule has 1 N–H and O–H groups in total. The van der Waals surface area contributed by atoms with Crippen LogP contribution in [0.3, 0.4) is 0 Å². The summed E-state index contributed by atoms with van der Waals surface area (Å²) in [7, 11) is 6.53. The van der Waals surface area contributed by atoms with Gasteiger partial charge in [-0.3, -0.25) is 4.90 Å². The minimum Gasteiger partial charge on any atom is -0.315 e. The van der Waals surface area contributed by atoms with Crippen molar-refractivity contribution < 1.29 is 0 Å². The van der Waals surface area contributed by atoms with Gasteiger partial charge in [0.1, 0.15) is 0 Å². The second-order valence-electron chi connectivity index (χ2n) is 5.80. The van der Waals surface area contributed by atoms with Crippen molar-refractivity contribution in [2.75, 3.05) is 34.2 Å². The fraction of sp³-hybridized carbons (Fsp3) is 0.733. The standard InChI is InChI=1S/C15H27N3S/c1-12-13(8-15(19-12)9-16-2)10-18(4)14-6-5-7-17(3)11-14/h8,14,16H,5-7,9-11H2,1-4H3. The van der Waals surface area contributed by atoms with E-state index >= 15 is 0 Å². The molecule has 1 aromatic heterocycles. The van der Waals surface area contributed by atoms with E-state index in [1.165, 1.54) is 41.2 Å². The third kappa shape index (κ3) is 4.02. The van der Waals surface area contributed by atoms with Gasteiger partial charge in [0, 0.05) is 35.4 Å². The van der Waals surface area contributed by atoms with Crippen LogP contribution in [0, 0.1) is 6.92 Å². The van der Waals surface area contributed by atoms with Crippen molar-refractivity contribution >= 4 is 11.3 Å². The predicted molar refractivity (Wildman–Crippen MR) is 83.8 cm³/mol. The summed E-state index contributed by atoms with van der Waals surface area (Å²) in [5.41, 5.74) is 1.51. The summed E-state index contributed by atoms with van der Waals surface area (Å²) in [4.78, 5) is 7.91. The minimum atomic E-state index is 0.714. The molecule has 0 aromatic carbocycles. The van der Waals surface area contributed by atoms with E-state index in [4.69, 9.17) is 0 Å². The molecule has 1 aliphatic rings. The molecule has 19 heavy (non-hydrogen) atoms. The Morgan fingerprint density at radius 1 is 1.53 bits per heavy atom. The Kier molecular flexibility index (Phi) is 5.39. The van der Waals surface area contributed by atoms with Gasteiger partial charge in [0.05, 0.1) is 0 Å². The van der Waals surface area contributed by atoms with E-state index in [0.29, 0.717) is 6.04 Å². The predicted octanol–water partition coefficient (Wildman–Crippen LogP) is 2.30. The first-order valence-corrected chi connectivity index (χ1v) is 8.03. The lowest BCUT2D eigenvalue weighted by molar-refractivity contribution is 0.129. The van der Waals surface area contributed by atoms with E-state index in [0.717, 1.165) is 13.1 Å². The average Bonchev–Trinajstić information content (AvgIpc) is 2.70. The summed E-state index contributed by atoms with van der Waals surface area (Å²) in [6.07, 6.45) is 2.67. The lowest BCUT2D eigenvalue weighted by Gasteiger charge is -2.35. The van der Waals surface area contributed by atoms with Gasteiger partial charge in [-0.1, -0.05) is 0 Å². The van der Waals surface area contributed by atoms with Crippen LogP contribution in [0.15, 0.2) is 6.07 Å². The van der Waals surface area contributed by atoms with E-state index in [2.05, 4.69) is 42.2 Å². The topological polar surface area (TPSA) is 18.5 Å². The number of nitrogens with one attached hydrogen (secondary N) is 1. The Morgan fingerprint density at radius 3 is 3.00 bits per heavy atom. The molecule has 1 saturated heterocycles. The molecule has 108 valence electrons. The molecule has 0 radical (unpaired) electrons. The van der Waals surface area contributed by atoms with Gasteiger partial charge in [-0.2, -0.15) is 0 Å². The van der Waals surface area contributed by atoms with Gasteiger partial charge in [-0.15, -0.1) is 11.3 Å². The largest absolute Gasteiger partial charge is 0.315 e. The molecule has 1 fully saturated rings. The summed E-state index contributed by atoms with van der Waals surface area (Å²) in [5.74, 6) is 0. The van der Waals surface area contributed by atoms with Gasteiger partial charge in [0.15, 0.2) is 0 Å². The summed E-state index contributed by atoms with van der Waals surface area (Å²) < 4.78 is 0. The van der Waals surface area contributed by atoms with Crippen LogP contribution in [0.4, 0.5) is 0 Å². The first-order valence-electron chi connectivity index (χ1n) is 7.21. The van der Waals surface area contributed by atoms with Gasteiger partial charge in [0.2, 0.25) is 0 Å². The van der Waals surface area contributed by atoms with Crippen molar-refractivity contribution in [1.29, 1.82) is 0 Å². The van der Waals surface area contributed by atoms with Gasteiger partial charge in [-0.05, 0) is 59.1 Å². The molecule has 1 aliphatic heterocycles. The van der Waals surface area contributed by atoms with Crippen LogP contribution in [-0.4, -0.2) is 50.1 Å². The monoisotopic (exact) mass is 281 g/mol. The number of hydrogen-bond acceptors (Lipinski definition) is 4. The lowest BCUT2D eigenvalue weighted by atomic mass is 10.0. The number of aryl methyl sites for hydroxylation is 1. The maximum Gasteiger partial charge on any atom is 0.0296 e. The first-order chi connectivity index (χ1) is 9.10. The number of likely N-dealkylation sites (N-methyl/N-ethyl adjacent to an activating group) is 2. The minimum absolute atomic E-state index is 0.714. The van der Waals surface area contributed by atoms with Crippen molar-refractivity contribution in [2.45, 2.75) is 38.9 Å². The molecule has 3 nitrogen and oxygen atoms in total. The Labute approximate surface area is 121 Å². The maximum absolute atomic E-state index is 3.24. The molecule has 0 bridgehead atoms. The lowest BCUT2D eigenvalue weighted by Crippen LogP contribution is -2.44. The fourth-order valence-corrected chi connectivity index (χ4v) is 3.97. The van der Waals surface area contributed by atoms with Gasteiger partial charge in [-0.25, -0.2) is 0 Å². The Bertz CT molecular complexity index is 402. The van der Waals surface area contributed by atoms with E-state index in [-0.39, 0.29) is 0 Å². The van der Waals surface area contributed by atoms with Crippen LogP contribution < -0.4 is 5.32 Å². The summed E-state index contributed by atoms with van der Waals surface area (Å²) in [6, 6.07) is 3.09. The molecule has 0 saturated carbocycles. The molecule has 2 rings (SSSR count). The quantitative estimate of drug-likeness (QED) is 0.893. The van der Waals surface area contributed by atoms with E-state index in [1.807, 2.05) is 18.4 Å². The molecule has 1 unspecified atom stereocenters. The van der Waals surface area contributed by atoms with Crippen molar-refractivity contribution in [3.63, 3.8) is 0 Å². The number of hydrogen-bond donors (Lipinski definition) is 1. The van der Waals surface area contributed by atoms with Crippen molar-refractivity contribution in [3.8, 4) is 0 Å². The summed E-state index contributed by atoms with van der Waals surface area (Å²) in [5, 5.41) is 3.24. The maximum atomic E-state index is 3.24. The molecular formula is C15H27N3S. The average molecular weight is 281 g/mol. The zero-order valence-electron chi connectivity index (χ0n) is 12.7. The molecular weight excluding hydrogens is 254 g/mol. The van der Waals surface area contributed by atoms with Crippen LogP contribution in [0.1, 0.15) is 28.2 Å². The Morgan fingerprint density at radius 2 is 2.32 bits per heavy atom. The highest BCUT2D eigenvalue weighted by atomic mass is 32.1. The van der Waals surface area contributed by atoms with Crippen LogP contribution in [-0.2, 0) is 13.1 Å². The van der Waals surface area contributed by atoms with Crippen molar-refractivity contribution in [3.05, 3.63) is 21.4 Å². The van der Waals surface area contributed by atoms with Gasteiger partial charge < -0.3 is 10.2 Å². The highest BCUT2D eigenvalue weighted by Gasteiger charge is 2.21. The number of rotatable bonds is 5. The molecule has 1 aromatic rings. The van der Waals surface area contributed by atoms with E-state index in [9.17, 15) is 0 Å². The van der Waals surface area contributed by atoms with Crippen molar-refractivity contribution in [1.82, 2.24) is 15.1 Å². The smallest absolute Gasteiger partial charge is 0.0296 e. The van der Waals surface area contributed by atoms with Gasteiger partial charge in [0.25, 0.3) is 0 Å². The van der Waals surface area contributed by atoms with Crippen molar-refractivity contribution in [2.24, 2.45) is 0 Å². The van der Waals surface area contributed by atoms with Gasteiger partial charge >= 0.3 is 0 Å². The van der Waals surface area contributed by atoms with Crippen LogP contribution in [0.2, 0.25) is 0 Å². The molecule has 1 atom stereocenters. The zero-order chi connectivity index (χ0) is 13.8. The van der Waals surface area contributed by atoms with E-state index < -0.39 is 0 Å². The van der Waals surface area contributed by atoms with Crippen LogP contribution in [0.5, 0.6) is 0 Å².